The maximum atomic E-state index is 6.29. The number of rotatable bonds is 11. The summed E-state index contributed by atoms with van der Waals surface area (Å²) in [6, 6.07) is 18.1. The number of nitrogens with two attached hydrogens (primary N) is 1. The van der Waals surface area contributed by atoms with Gasteiger partial charge in [-0.15, -0.1) is 0 Å². The van der Waals surface area contributed by atoms with Crippen LogP contribution < -0.4 is 10.5 Å². The van der Waals surface area contributed by atoms with Crippen molar-refractivity contribution in [2.24, 2.45) is 5.92 Å². The number of allylic oxidation sites excluding steroid dienone is 6. The Morgan fingerprint density at radius 2 is 1.77 bits per heavy atom. The zero-order valence-corrected chi connectivity index (χ0v) is 23.8. The molecule has 0 saturated carbocycles. The summed E-state index contributed by atoms with van der Waals surface area (Å²) < 4.78 is 8.07. The predicted molar refractivity (Wildman–Crippen MR) is 165 cm³/mol. The van der Waals surface area contributed by atoms with Gasteiger partial charge in [0.25, 0.3) is 0 Å². The Kier molecular flexibility index (Phi) is 12.1. The number of nitrogens with zero attached hydrogens (tertiary/aromatic N) is 3. The van der Waals surface area contributed by atoms with Crippen LogP contribution in [0.1, 0.15) is 58.3 Å². The molecule has 4 aromatic rings. The summed E-state index contributed by atoms with van der Waals surface area (Å²) in [6.45, 7) is 9.06. The number of unbranched alkanes of at least 4 members (excludes halogenated alkanes) is 1. The summed E-state index contributed by atoms with van der Waals surface area (Å²) in [7, 11) is 0. The first kappa shape index (κ1) is 29.4. The van der Waals surface area contributed by atoms with E-state index in [-0.39, 0.29) is 0 Å². The summed E-state index contributed by atoms with van der Waals surface area (Å²) in [5, 5.41) is 0. The lowest BCUT2D eigenvalue weighted by Gasteiger charge is -2.08. The van der Waals surface area contributed by atoms with Crippen molar-refractivity contribution in [1.82, 2.24) is 14.4 Å². The molecule has 0 radical (unpaired) electrons. The van der Waals surface area contributed by atoms with E-state index in [4.69, 9.17) is 15.5 Å². The molecule has 0 bridgehead atoms. The Balaban J connectivity index is 0.000000771. The van der Waals surface area contributed by atoms with Gasteiger partial charge in [0, 0.05) is 24.4 Å². The average Bonchev–Trinajstić information content (AvgIpc) is 3.33. The van der Waals surface area contributed by atoms with Crippen molar-refractivity contribution in [3.8, 4) is 17.0 Å². The number of nitrogen functional groups attached to an aromatic ring is 1. The molecule has 0 spiro atoms. The van der Waals surface area contributed by atoms with Crippen LogP contribution in [0.3, 0.4) is 0 Å². The third kappa shape index (κ3) is 9.29. The molecule has 0 aliphatic heterocycles. The maximum Gasteiger partial charge on any atom is 0.150 e. The Morgan fingerprint density at radius 1 is 0.974 bits per heavy atom. The van der Waals surface area contributed by atoms with E-state index in [1.54, 1.807) is 6.20 Å². The summed E-state index contributed by atoms with van der Waals surface area (Å²) in [4.78, 5) is 9.27. The van der Waals surface area contributed by atoms with Crippen LogP contribution in [0.4, 0.5) is 5.82 Å². The van der Waals surface area contributed by atoms with Crippen molar-refractivity contribution >= 4 is 11.3 Å². The fraction of sp³-hybridized carbons (Fsp3) is 0.294. The average molecular weight is 523 g/mol. The van der Waals surface area contributed by atoms with Crippen molar-refractivity contribution in [2.45, 2.75) is 60.0 Å². The van der Waals surface area contributed by atoms with Gasteiger partial charge in [0.1, 0.15) is 35.2 Å². The number of hydrogen-bond donors (Lipinski definition) is 1. The Hall–Kier alpha value is -4.12. The van der Waals surface area contributed by atoms with Gasteiger partial charge in [0.15, 0.2) is 0 Å². The predicted octanol–water partition coefficient (Wildman–Crippen LogP) is 8.62. The molecule has 0 unspecified atom stereocenters. The topological polar surface area (TPSA) is 65.4 Å². The van der Waals surface area contributed by atoms with Gasteiger partial charge in [0.2, 0.25) is 0 Å². The second-order valence-electron chi connectivity index (χ2n) is 9.61. The van der Waals surface area contributed by atoms with E-state index in [2.05, 4.69) is 74.3 Å². The van der Waals surface area contributed by atoms with E-state index in [1.165, 1.54) is 0 Å². The molecule has 0 atom stereocenters. The van der Waals surface area contributed by atoms with E-state index in [9.17, 15) is 0 Å². The smallest absolute Gasteiger partial charge is 0.150 e. The van der Waals surface area contributed by atoms with E-state index in [0.717, 1.165) is 59.6 Å². The van der Waals surface area contributed by atoms with Gasteiger partial charge < -0.3 is 10.5 Å². The zero-order valence-electron chi connectivity index (χ0n) is 23.8. The fourth-order valence-electron chi connectivity index (χ4n) is 4.05. The van der Waals surface area contributed by atoms with Crippen LogP contribution in [0.2, 0.25) is 0 Å². The highest BCUT2D eigenvalue weighted by Gasteiger charge is 2.15. The molecule has 0 aliphatic carbocycles. The van der Waals surface area contributed by atoms with Crippen LogP contribution in [-0.4, -0.2) is 14.4 Å². The lowest BCUT2D eigenvalue weighted by atomic mass is 10.1. The minimum atomic E-state index is 0.467. The van der Waals surface area contributed by atoms with Crippen molar-refractivity contribution in [3.05, 3.63) is 115 Å². The van der Waals surface area contributed by atoms with E-state index >= 15 is 0 Å². The highest BCUT2D eigenvalue weighted by Crippen LogP contribution is 2.30. The van der Waals surface area contributed by atoms with E-state index < -0.39 is 0 Å². The molecule has 2 N–H and O–H groups in total. The van der Waals surface area contributed by atoms with Gasteiger partial charge in [-0.05, 0) is 49.8 Å². The molecular formula is C34H42N4O. The zero-order chi connectivity index (χ0) is 27.9. The SMILES string of the molecule is C/C=C\CC.CC(C)/C=C\CC/C=C\Cc1nc(-c2cccc(OCc3ccccc3)c2)c2c(N)nccn12. The van der Waals surface area contributed by atoms with Gasteiger partial charge in [-0.3, -0.25) is 4.40 Å². The summed E-state index contributed by atoms with van der Waals surface area (Å²) in [5.41, 5.74) is 10.0. The molecule has 2 aromatic carbocycles. The van der Waals surface area contributed by atoms with Crippen molar-refractivity contribution in [1.29, 1.82) is 0 Å². The van der Waals surface area contributed by atoms with Gasteiger partial charge in [0.05, 0.1) is 0 Å². The number of hydrogen-bond acceptors (Lipinski definition) is 4. The number of anilines is 1. The molecule has 0 aliphatic rings. The Labute approximate surface area is 233 Å². The highest BCUT2D eigenvalue weighted by molar-refractivity contribution is 5.85. The first-order valence-electron chi connectivity index (χ1n) is 13.8. The largest absolute Gasteiger partial charge is 0.489 e. The summed E-state index contributed by atoms with van der Waals surface area (Å²) in [5.74, 6) is 2.79. The van der Waals surface area contributed by atoms with Crippen molar-refractivity contribution in [3.63, 3.8) is 0 Å². The molecule has 4 rings (SSSR count). The third-order valence-corrected chi connectivity index (χ3v) is 5.97. The highest BCUT2D eigenvalue weighted by atomic mass is 16.5. The fourth-order valence-corrected chi connectivity index (χ4v) is 4.05. The maximum absolute atomic E-state index is 6.29. The van der Waals surface area contributed by atoms with Crippen LogP contribution in [0.15, 0.2) is 103 Å². The standard InChI is InChI=1S/C29H32N4O.C5H10/c1-22(2)12-7-4-3-5-10-17-26-32-27(28-29(30)31-18-19-33(26)28)24-15-11-16-25(20-24)34-21-23-13-8-6-9-14-23;1-3-5-4-2/h5-16,18-20,22H,3-4,17,21H2,1-2H3,(H2,30,31);3,5H,4H2,1-2H3/b10-5-,12-7-;5-3-. The van der Waals surface area contributed by atoms with Crippen LogP contribution >= 0.6 is 0 Å². The second-order valence-corrected chi connectivity index (χ2v) is 9.61. The van der Waals surface area contributed by atoms with Crippen LogP contribution in [0.25, 0.3) is 16.8 Å². The molecule has 2 aromatic heterocycles. The molecule has 0 amide bonds. The Morgan fingerprint density at radius 3 is 2.49 bits per heavy atom. The van der Waals surface area contributed by atoms with Crippen LogP contribution in [-0.2, 0) is 13.0 Å². The van der Waals surface area contributed by atoms with Gasteiger partial charge in [-0.2, -0.15) is 0 Å². The third-order valence-electron chi connectivity index (χ3n) is 5.97. The molecule has 5 heteroatoms. The first-order valence-corrected chi connectivity index (χ1v) is 13.8. The number of benzene rings is 2. The number of aromatic nitrogens is 3. The van der Waals surface area contributed by atoms with Crippen molar-refractivity contribution < 1.29 is 4.74 Å². The quantitative estimate of drug-likeness (QED) is 0.158. The normalized spacial score (nSPS) is 11.6. The number of imidazole rings is 1. The van der Waals surface area contributed by atoms with Crippen molar-refractivity contribution in [2.75, 3.05) is 5.73 Å². The first-order chi connectivity index (χ1) is 19.0. The monoisotopic (exact) mass is 522 g/mol. The molecule has 204 valence electrons. The van der Waals surface area contributed by atoms with Gasteiger partial charge in [-0.25, -0.2) is 9.97 Å². The Bertz CT molecular complexity index is 1370. The minimum Gasteiger partial charge on any atom is -0.489 e. The van der Waals surface area contributed by atoms with Crippen LogP contribution in [0.5, 0.6) is 5.75 Å². The number of fused-ring (bicyclic) bond motifs is 1. The molecule has 5 nitrogen and oxygen atoms in total. The van der Waals surface area contributed by atoms with Gasteiger partial charge in [-0.1, -0.05) is 99.7 Å². The second kappa shape index (κ2) is 16.0. The summed E-state index contributed by atoms with van der Waals surface area (Å²) in [6.07, 6.45) is 20.7. The van der Waals surface area contributed by atoms with E-state index in [0.29, 0.717) is 18.3 Å². The van der Waals surface area contributed by atoms with Gasteiger partial charge >= 0.3 is 0 Å². The molecule has 39 heavy (non-hydrogen) atoms. The minimum absolute atomic E-state index is 0.467. The molecule has 0 fully saturated rings. The van der Waals surface area contributed by atoms with E-state index in [1.807, 2.05) is 60.0 Å². The molecular weight excluding hydrogens is 480 g/mol. The lowest BCUT2D eigenvalue weighted by Crippen LogP contribution is -1.98. The molecule has 2 heterocycles. The number of ether oxygens (including phenoxy) is 1. The summed E-state index contributed by atoms with van der Waals surface area (Å²) >= 11 is 0. The molecule has 0 saturated heterocycles. The van der Waals surface area contributed by atoms with Crippen LogP contribution in [0, 0.1) is 5.92 Å². The lowest BCUT2D eigenvalue weighted by molar-refractivity contribution is 0.306.